The Labute approximate surface area is 174 Å². The summed E-state index contributed by atoms with van der Waals surface area (Å²) in [5.74, 6) is -1.61. The number of hydrogen-bond acceptors (Lipinski definition) is 8. The van der Waals surface area contributed by atoms with E-state index in [0.29, 0.717) is 17.0 Å². The van der Waals surface area contributed by atoms with Gasteiger partial charge in [0.15, 0.2) is 0 Å². The van der Waals surface area contributed by atoms with E-state index in [1.54, 1.807) is 17.3 Å². The number of nitrogen functional groups attached to an aromatic ring is 1. The van der Waals surface area contributed by atoms with E-state index in [2.05, 4.69) is 19.7 Å². The van der Waals surface area contributed by atoms with E-state index in [0.717, 1.165) is 0 Å². The van der Waals surface area contributed by atoms with Crippen LogP contribution in [-0.2, 0) is 9.53 Å². The summed E-state index contributed by atoms with van der Waals surface area (Å²) < 4.78 is 42.6. The highest BCUT2D eigenvalue weighted by Crippen LogP contribution is 2.42. The first-order valence-corrected chi connectivity index (χ1v) is 9.38. The molecule has 164 valence electrons. The van der Waals surface area contributed by atoms with Gasteiger partial charge in [0.05, 0.1) is 6.04 Å². The number of aromatic nitrogens is 2. The van der Waals surface area contributed by atoms with Crippen molar-refractivity contribution in [2.24, 2.45) is 10.9 Å². The Hall–Kier alpha value is -2.60. The number of nitrogens with one attached hydrogen (secondary N) is 1. The van der Waals surface area contributed by atoms with E-state index in [-0.39, 0.29) is 36.4 Å². The fourth-order valence-corrected chi connectivity index (χ4v) is 4.07. The molecule has 13 heteroatoms. The molecule has 0 bridgehead atoms. The SMILES string of the molecule is CC1=C(OC(F)(F)F)C(C)C(CN2CC(CC(=O)NO)c3c(Cl)nc(N)nc32)N=C1. The quantitative estimate of drug-likeness (QED) is 0.358. The van der Waals surface area contributed by atoms with Gasteiger partial charge in [-0.25, -0.2) is 10.5 Å². The van der Waals surface area contributed by atoms with Crippen molar-refractivity contribution in [2.75, 3.05) is 23.7 Å². The summed E-state index contributed by atoms with van der Waals surface area (Å²) in [5, 5.41) is 8.91. The second kappa shape index (κ2) is 8.26. The molecular weight excluding hydrogens is 429 g/mol. The number of rotatable bonds is 5. The zero-order valence-electron chi connectivity index (χ0n) is 16.1. The number of amides is 1. The number of fused-ring (bicyclic) bond motifs is 1. The standard InChI is InChI=1S/C17H20ClF3N6O3/c1-7-4-23-10(8(2)13(7)30-17(19,20)21)6-27-5-9(3-11(28)26-29)12-14(18)24-16(22)25-15(12)27/h4,8-10,29H,3,5-6H2,1-2H3,(H,26,28)(H2,22,24,25). The van der Waals surface area contributed by atoms with Gasteiger partial charge in [-0.2, -0.15) is 4.98 Å². The Morgan fingerprint density at radius 1 is 1.47 bits per heavy atom. The minimum absolute atomic E-state index is 0.0759. The third kappa shape index (κ3) is 4.59. The van der Waals surface area contributed by atoms with Gasteiger partial charge in [-0.15, -0.1) is 13.2 Å². The average Bonchev–Trinajstić information content (AvgIpc) is 2.97. The molecule has 3 rings (SSSR count). The number of nitrogens with two attached hydrogens (primary N) is 1. The lowest BCUT2D eigenvalue weighted by Gasteiger charge is -2.31. The maximum absolute atomic E-state index is 12.8. The summed E-state index contributed by atoms with van der Waals surface area (Å²) >= 11 is 6.21. The van der Waals surface area contributed by atoms with E-state index < -0.39 is 30.1 Å². The molecule has 3 heterocycles. The van der Waals surface area contributed by atoms with Gasteiger partial charge in [-0.05, 0) is 6.92 Å². The molecule has 1 amide bonds. The lowest BCUT2D eigenvalue weighted by atomic mass is 9.94. The van der Waals surface area contributed by atoms with Crippen molar-refractivity contribution >= 4 is 35.5 Å². The summed E-state index contributed by atoms with van der Waals surface area (Å²) in [7, 11) is 0. The van der Waals surface area contributed by atoms with Gasteiger partial charge in [0.1, 0.15) is 16.7 Å². The summed E-state index contributed by atoms with van der Waals surface area (Å²) in [6.45, 7) is 3.56. The van der Waals surface area contributed by atoms with Gasteiger partial charge in [0, 0.05) is 48.7 Å². The molecule has 0 aliphatic carbocycles. The number of dihydropyridines is 1. The molecule has 0 fully saturated rings. The zero-order valence-corrected chi connectivity index (χ0v) is 16.8. The second-order valence-electron chi connectivity index (χ2n) is 7.18. The molecule has 9 nitrogen and oxygen atoms in total. The molecule has 3 unspecified atom stereocenters. The van der Waals surface area contributed by atoms with Crippen molar-refractivity contribution < 1.29 is 27.9 Å². The minimum atomic E-state index is -4.81. The van der Waals surface area contributed by atoms with Crippen LogP contribution < -0.4 is 16.1 Å². The van der Waals surface area contributed by atoms with Crippen LogP contribution in [0.2, 0.25) is 5.15 Å². The molecule has 0 radical (unpaired) electrons. The van der Waals surface area contributed by atoms with Crippen LogP contribution in [0.5, 0.6) is 0 Å². The lowest BCUT2D eigenvalue weighted by molar-refractivity contribution is -0.309. The Morgan fingerprint density at radius 3 is 2.80 bits per heavy atom. The Balaban J connectivity index is 1.86. The highest BCUT2D eigenvalue weighted by molar-refractivity contribution is 6.30. The first-order valence-electron chi connectivity index (χ1n) is 9.00. The zero-order chi connectivity index (χ0) is 22.2. The number of hydroxylamine groups is 1. The predicted octanol–water partition coefficient (Wildman–Crippen LogP) is 2.41. The number of ether oxygens (including phenoxy) is 1. The average molecular weight is 449 g/mol. The van der Waals surface area contributed by atoms with Crippen LogP contribution in [-0.4, -0.2) is 52.8 Å². The van der Waals surface area contributed by atoms with Gasteiger partial charge in [0.25, 0.3) is 0 Å². The molecule has 0 aromatic carbocycles. The van der Waals surface area contributed by atoms with Crippen molar-refractivity contribution in [3.63, 3.8) is 0 Å². The van der Waals surface area contributed by atoms with Crippen molar-refractivity contribution in [3.05, 3.63) is 22.0 Å². The highest BCUT2D eigenvalue weighted by atomic mass is 35.5. The first-order chi connectivity index (χ1) is 14.0. The fourth-order valence-electron chi connectivity index (χ4n) is 3.74. The number of carbonyl (C=O) groups is 1. The third-order valence-electron chi connectivity index (χ3n) is 5.07. The lowest BCUT2D eigenvalue weighted by Crippen LogP contribution is -2.38. The van der Waals surface area contributed by atoms with Gasteiger partial charge < -0.3 is 15.4 Å². The van der Waals surface area contributed by atoms with E-state index in [4.69, 9.17) is 22.5 Å². The molecule has 1 aromatic heterocycles. The molecule has 30 heavy (non-hydrogen) atoms. The molecule has 0 saturated carbocycles. The molecule has 0 spiro atoms. The smallest absolute Gasteiger partial charge is 0.410 e. The Bertz CT molecular complexity index is 907. The number of aliphatic imine (C=N–C) groups is 1. The van der Waals surface area contributed by atoms with Crippen LogP contribution >= 0.6 is 11.6 Å². The van der Waals surface area contributed by atoms with E-state index >= 15 is 0 Å². The fraction of sp³-hybridized carbons (Fsp3) is 0.529. The van der Waals surface area contributed by atoms with Gasteiger partial charge in [-0.1, -0.05) is 18.5 Å². The number of hydrogen-bond donors (Lipinski definition) is 3. The van der Waals surface area contributed by atoms with Crippen LogP contribution in [0.4, 0.5) is 24.9 Å². The maximum atomic E-state index is 12.8. The van der Waals surface area contributed by atoms with Gasteiger partial charge >= 0.3 is 6.36 Å². The number of allylic oxidation sites excluding steroid dienone is 1. The van der Waals surface area contributed by atoms with Crippen LogP contribution in [0, 0.1) is 5.92 Å². The Morgan fingerprint density at radius 2 is 2.17 bits per heavy atom. The predicted molar refractivity (Wildman–Crippen MR) is 102 cm³/mol. The third-order valence-corrected chi connectivity index (χ3v) is 5.36. The normalized spacial score (nSPS) is 23.6. The summed E-state index contributed by atoms with van der Waals surface area (Å²) in [4.78, 5) is 25.9. The van der Waals surface area contributed by atoms with E-state index in [1.165, 1.54) is 13.1 Å². The van der Waals surface area contributed by atoms with E-state index in [9.17, 15) is 18.0 Å². The number of alkyl halides is 3. The summed E-state index contributed by atoms with van der Waals surface area (Å²) in [6.07, 6.45) is -3.54. The number of halogens is 4. The van der Waals surface area contributed by atoms with Crippen molar-refractivity contribution in [1.29, 1.82) is 0 Å². The van der Waals surface area contributed by atoms with Gasteiger partial charge in [0.2, 0.25) is 11.9 Å². The van der Waals surface area contributed by atoms with Crippen LogP contribution in [0.3, 0.4) is 0 Å². The monoisotopic (exact) mass is 448 g/mol. The van der Waals surface area contributed by atoms with Crippen molar-refractivity contribution in [1.82, 2.24) is 15.4 Å². The van der Waals surface area contributed by atoms with Crippen LogP contribution in [0.1, 0.15) is 31.7 Å². The molecule has 1 aromatic rings. The molecular formula is C17H20ClF3N6O3. The molecule has 2 aliphatic rings. The first kappa shape index (κ1) is 22.1. The number of carbonyl (C=O) groups excluding carboxylic acids is 1. The molecule has 0 saturated heterocycles. The van der Waals surface area contributed by atoms with Crippen LogP contribution in [0.15, 0.2) is 16.3 Å². The second-order valence-corrected chi connectivity index (χ2v) is 7.54. The van der Waals surface area contributed by atoms with Gasteiger partial charge in [-0.3, -0.25) is 15.0 Å². The summed E-state index contributed by atoms with van der Waals surface area (Å²) in [6, 6.07) is -0.570. The minimum Gasteiger partial charge on any atom is -0.410 e. The van der Waals surface area contributed by atoms with E-state index in [1.807, 2.05) is 0 Å². The van der Waals surface area contributed by atoms with Crippen LogP contribution in [0.25, 0.3) is 0 Å². The summed E-state index contributed by atoms with van der Waals surface area (Å²) in [5.41, 5.74) is 8.06. The number of anilines is 2. The van der Waals surface area contributed by atoms with Crippen molar-refractivity contribution in [3.8, 4) is 0 Å². The molecule has 4 N–H and O–H groups in total. The topological polar surface area (TPSA) is 126 Å². The maximum Gasteiger partial charge on any atom is 0.572 e. The number of nitrogens with zero attached hydrogens (tertiary/aromatic N) is 4. The largest absolute Gasteiger partial charge is 0.572 e. The highest BCUT2D eigenvalue weighted by Gasteiger charge is 2.40. The molecule has 2 aliphatic heterocycles. The van der Waals surface area contributed by atoms with Crippen molar-refractivity contribution in [2.45, 2.75) is 38.6 Å². The Kier molecular flexibility index (Phi) is 6.09. The molecule has 3 atom stereocenters.